The van der Waals surface area contributed by atoms with Crippen molar-refractivity contribution >= 4 is 12.0 Å². The lowest BCUT2D eigenvalue weighted by molar-refractivity contribution is -0.137. The first-order valence-corrected chi connectivity index (χ1v) is 6.28. The number of carbonyl (C=O) groups excluding carboxylic acids is 1. The van der Waals surface area contributed by atoms with E-state index < -0.39 is 5.97 Å². The van der Waals surface area contributed by atoms with Crippen molar-refractivity contribution in [2.75, 3.05) is 26.3 Å². The van der Waals surface area contributed by atoms with Crippen LogP contribution in [0, 0.1) is 0 Å². The standard InChI is InChI=1S/C12H22N2O4/c1-12(2)9-18-8-7-14(12)11(17)13-6-4-3-5-10(15)16/h3-9H2,1-2H3,(H,13,17)(H,15,16). The van der Waals surface area contributed by atoms with E-state index in [-0.39, 0.29) is 18.0 Å². The van der Waals surface area contributed by atoms with Gasteiger partial charge >= 0.3 is 12.0 Å². The maximum atomic E-state index is 12.0. The van der Waals surface area contributed by atoms with Crippen LogP contribution in [0.25, 0.3) is 0 Å². The summed E-state index contributed by atoms with van der Waals surface area (Å²) >= 11 is 0. The average Bonchev–Trinajstić information content (AvgIpc) is 2.27. The number of morpholine rings is 1. The van der Waals surface area contributed by atoms with Crippen molar-refractivity contribution < 1.29 is 19.4 Å². The van der Waals surface area contributed by atoms with Crippen LogP contribution in [0.4, 0.5) is 4.79 Å². The highest BCUT2D eigenvalue weighted by molar-refractivity contribution is 5.75. The van der Waals surface area contributed by atoms with Crippen molar-refractivity contribution in [3.8, 4) is 0 Å². The topological polar surface area (TPSA) is 78.9 Å². The molecule has 6 heteroatoms. The second-order valence-corrected chi connectivity index (χ2v) is 5.10. The molecule has 1 rings (SSSR count). The van der Waals surface area contributed by atoms with E-state index in [2.05, 4.69) is 5.32 Å². The van der Waals surface area contributed by atoms with Gasteiger partial charge in [0, 0.05) is 19.5 Å². The molecular formula is C12H22N2O4. The Morgan fingerprint density at radius 1 is 1.39 bits per heavy atom. The summed E-state index contributed by atoms with van der Waals surface area (Å²) < 4.78 is 5.35. The number of hydrogen-bond donors (Lipinski definition) is 2. The molecule has 1 aliphatic rings. The number of carboxylic acids is 1. The summed E-state index contributed by atoms with van der Waals surface area (Å²) in [5.41, 5.74) is -0.288. The predicted molar refractivity (Wildman–Crippen MR) is 66.5 cm³/mol. The second-order valence-electron chi connectivity index (χ2n) is 5.10. The number of rotatable bonds is 5. The van der Waals surface area contributed by atoms with Gasteiger partial charge in [-0.1, -0.05) is 0 Å². The molecule has 0 radical (unpaired) electrons. The molecule has 0 saturated carbocycles. The Hall–Kier alpha value is -1.30. The molecule has 2 N–H and O–H groups in total. The second kappa shape index (κ2) is 6.58. The maximum Gasteiger partial charge on any atom is 0.318 e. The first-order valence-electron chi connectivity index (χ1n) is 6.28. The van der Waals surface area contributed by atoms with Crippen LogP contribution in [0.2, 0.25) is 0 Å². The molecule has 18 heavy (non-hydrogen) atoms. The molecular weight excluding hydrogens is 236 g/mol. The Labute approximate surface area is 107 Å². The Bertz CT molecular complexity index is 304. The van der Waals surface area contributed by atoms with Crippen LogP contribution in [-0.4, -0.2) is 53.8 Å². The smallest absolute Gasteiger partial charge is 0.318 e. The molecule has 2 amide bonds. The summed E-state index contributed by atoms with van der Waals surface area (Å²) in [6, 6.07) is -0.0985. The minimum absolute atomic E-state index is 0.0985. The summed E-state index contributed by atoms with van der Waals surface area (Å²) in [5, 5.41) is 11.3. The molecule has 1 fully saturated rings. The highest BCUT2D eigenvalue weighted by Gasteiger charge is 2.33. The van der Waals surface area contributed by atoms with Gasteiger partial charge in [0.1, 0.15) is 0 Å². The molecule has 0 bridgehead atoms. The molecule has 1 heterocycles. The van der Waals surface area contributed by atoms with Crippen molar-refractivity contribution in [3.05, 3.63) is 0 Å². The number of nitrogens with one attached hydrogen (secondary N) is 1. The zero-order chi connectivity index (χ0) is 13.6. The van der Waals surface area contributed by atoms with E-state index in [1.807, 2.05) is 13.8 Å². The van der Waals surface area contributed by atoms with Crippen LogP contribution in [-0.2, 0) is 9.53 Å². The van der Waals surface area contributed by atoms with E-state index >= 15 is 0 Å². The van der Waals surface area contributed by atoms with Crippen molar-refractivity contribution in [2.45, 2.75) is 38.6 Å². The number of ether oxygens (including phenoxy) is 1. The molecule has 1 aliphatic heterocycles. The van der Waals surface area contributed by atoms with E-state index in [1.54, 1.807) is 4.90 Å². The number of unbranched alkanes of at least 4 members (excludes halogenated alkanes) is 1. The lowest BCUT2D eigenvalue weighted by Gasteiger charge is -2.41. The van der Waals surface area contributed by atoms with E-state index in [1.165, 1.54) is 0 Å². The molecule has 104 valence electrons. The molecule has 0 unspecified atom stereocenters. The van der Waals surface area contributed by atoms with E-state index in [0.29, 0.717) is 39.1 Å². The zero-order valence-electron chi connectivity index (χ0n) is 11.1. The summed E-state index contributed by atoms with van der Waals surface area (Å²) in [5.74, 6) is -0.796. The predicted octanol–water partition coefficient (Wildman–Crippen LogP) is 1.06. The fraction of sp³-hybridized carbons (Fsp3) is 0.833. The van der Waals surface area contributed by atoms with Gasteiger partial charge in [0.25, 0.3) is 0 Å². The van der Waals surface area contributed by atoms with Gasteiger partial charge in [0.05, 0.1) is 18.8 Å². The molecule has 1 saturated heterocycles. The SMILES string of the molecule is CC1(C)COCCN1C(=O)NCCCCC(=O)O. The fourth-order valence-electron chi connectivity index (χ4n) is 1.93. The van der Waals surface area contributed by atoms with Gasteiger partial charge in [-0.3, -0.25) is 4.79 Å². The molecule has 0 atom stereocenters. The zero-order valence-corrected chi connectivity index (χ0v) is 11.1. The minimum Gasteiger partial charge on any atom is -0.481 e. The van der Waals surface area contributed by atoms with Crippen LogP contribution in [0.15, 0.2) is 0 Å². The van der Waals surface area contributed by atoms with Gasteiger partial charge in [-0.15, -0.1) is 0 Å². The number of urea groups is 1. The van der Waals surface area contributed by atoms with Gasteiger partial charge in [0.2, 0.25) is 0 Å². The number of nitrogens with zero attached hydrogens (tertiary/aromatic N) is 1. The highest BCUT2D eigenvalue weighted by Crippen LogP contribution is 2.18. The summed E-state index contributed by atoms with van der Waals surface area (Å²) in [6.07, 6.45) is 1.42. The first-order chi connectivity index (χ1) is 8.43. The van der Waals surface area contributed by atoms with E-state index in [9.17, 15) is 9.59 Å². The fourth-order valence-corrected chi connectivity index (χ4v) is 1.93. The van der Waals surface area contributed by atoms with Crippen molar-refractivity contribution in [1.29, 1.82) is 0 Å². The van der Waals surface area contributed by atoms with Crippen molar-refractivity contribution in [2.24, 2.45) is 0 Å². The van der Waals surface area contributed by atoms with Crippen molar-refractivity contribution in [3.63, 3.8) is 0 Å². The van der Waals surface area contributed by atoms with E-state index in [0.717, 1.165) is 0 Å². The third kappa shape index (κ3) is 4.52. The Balaban J connectivity index is 2.25. The molecule has 0 aromatic carbocycles. The van der Waals surface area contributed by atoms with Crippen LogP contribution in [0.5, 0.6) is 0 Å². The van der Waals surface area contributed by atoms with Crippen LogP contribution >= 0.6 is 0 Å². The van der Waals surface area contributed by atoms with E-state index in [4.69, 9.17) is 9.84 Å². The number of amides is 2. The summed E-state index contributed by atoms with van der Waals surface area (Å²) in [4.78, 5) is 24.0. The number of carbonyl (C=O) groups is 2. The minimum atomic E-state index is -0.796. The van der Waals surface area contributed by atoms with Gasteiger partial charge in [-0.25, -0.2) is 4.79 Å². The maximum absolute atomic E-state index is 12.0. The lowest BCUT2D eigenvalue weighted by Crippen LogP contribution is -2.58. The molecule has 0 aromatic heterocycles. The quantitative estimate of drug-likeness (QED) is 0.723. The largest absolute Gasteiger partial charge is 0.481 e. The van der Waals surface area contributed by atoms with Gasteiger partial charge in [-0.05, 0) is 26.7 Å². The monoisotopic (exact) mass is 258 g/mol. The van der Waals surface area contributed by atoms with Gasteiger partial charge in [0.15, 0.2) is 0 Å². The third-order valence-electron chi connectivity index (χ3n) is 2.98. The number of carboxylic acid groups (broad SMARTS) is 1. The molecule has 6 nitrogen and oxygen atoms in total. The van der Waals surface area contributed by atoms with Crippen LogP contribution in [0.1, 0.15) is 33.1 Å². The Kier molecular flexibility index (Phi) is 5.40. The normalized spacial score (nSPS) is 18.4. The van der Waals surface area contributed by atoms with Gasteiger partial charge < -0.3 is 20.1 Å². The Morgan fingerprint density at radius 2 is 2.11 bits per heavy atom. The molecule has 0 aromatic rings. The first kappa shape index (κ1) is 14.8. The molecule has 0 spiro atoms. The van der Waals surface area contributed by atoms with Crippen LogP contribution < -0.4 is 5.32 Å². The Morgan fingerprint density at radius 3 is 2.72 bits per heavy atom. The third-order valence-corrected chi connectivity index (χ3v) is 2.98. The van der Waals surface area contributed by atoms with Gasteiger partial charge in [-0.2, -0.15) is 0 Å². The highest BCUT2D eigenvalue weighted by atomic mass is 16.5. The lowest BCUT2D eigenvalue weighted by atomic mass is 10.0. The van der Waals surface area contributed by atoms with Crippen LogP contribution in [0.3, 0.4) is 0 Å². The van der Waals surface area contributed by atoms with Crippen molar-refractivity contribution in [1.82, 2.24) is 10.2 Å². The number of hydrogen-bond acceptors (Lipinski definition) is 3. The molecule has 0 aliphatic carbocycles. The average molecular weight is 258 g/mol. The number of aliphatic carboxylic acids is 1. The summed E-state index contributed by atoms with van der Waals surface area (Å²) in [7, 11) is 0. The summed E-state index contributed by atoms with van der Waals surface area (Å²) in [6.45, 7) is 6.15.